The SMILES string of the molecule is CC(C)(C)OC=O.FC(F)c1cc(Cl)nc(N2CCNCC2)c1. The van der Waals surface area contributed by atoms with Crippen LogP contribution in [0, 0.1) is 0 Å². The molecule has 0 atom stereocenters. The topological polar surface area (TPSA) is 54.5 Å². The van der Waals surface area contributed by atoms with Gasteiger partial charge in [0.15, 0.2) is 0 Å². The Balaban J connectivity index is 0.000000322. The Morgan fingerprint density at radius 3 is 2.39 bits per heavy atom. The fraction of sp³-hybridized carbons (Fsp3) is 0.600. The van der Waals surface area contributed by atoms with Gasteiger partial charge in [-0.05, 0) is 32.9 Å². The van der Waals surface area contributed by atoms with Gasteiger partial charge in [0.1, 0.15) is 16.6 Å². The molecule has 8 heteroatoms. The van der Waals surface area contributed by atoms with Crippen LogP contribution in [0.15, 0.2) is 12.1 Å². The van der Waals surface area contributed by atoms with Crippen molar-refractivity contribution in [1.29, 1.82) is 0 Å². The molecule has 0 radical (unpaired) electrons. The predicted octanol–water partition coefficient (Wildman–Crippen LogP) is 3.04. The number of ether oxygens (including phenoxy) is 1. The van der Waals surface area contributed by atoms with Crippen molar-refractivity contribution >= 4 is 23.9 Å². The number of nitrogens with one attached hydrogen (secondary N) is 1. The number of aromatic nitrogens is 1. The first-order valence-electron chi connectivity index (χ1n) is 7.25. The van der Waals surface area contributed by atoms with E-state index in [9.17, 15) is 13.6 Å². The molecule has 23 heavy (non-hydrogen) atoms. The van der Waals surface area contributed by atoms with Crippen LogP contribution in [0.5, 0.6) is 0 Å². The molecule has 1 saturated heterocycles. The van der Waals surface area contributed by atoms with Gasteiger partial charge in [0.25, 0.3) is 12.9 Å². The zero-order valence-corrected chi connectivity index (χ0v) is 14.2. The summed E-state index contributed by atoms with van der Waals surface area (Å²) in [6.45, 7) is 9.10. The summed E-state index contributed by atoms with van der Waals surface area (Å²) in [7, 11) is 0. The minimum atomic E-state index is -2.51. The van der Waals surface area contributed by atoms with Gasteiger partial charge >= 0.3 is 0 Å². The number of pyridine rings is 1. The number of nitrogens with zero attached hydrogens (tertiary/aromatic N) is 2. The number of anilines is 1. The van der Waals surface area contributed by atoms with E-state index in [1.165, 1.54) is 12.1 Å². The second-order valence-corrected chi connectivity index (χ2v) is 6.33. The lowest BCUT2D eigenvalue weighted by Crippen LogP contribution is -2.43. The van der Waals surface area contributed by atoms with Crippen LogP contribution in [-0.2, 0) is 9.53 Å². The van der Waals surface area contributed by atoms with Gasteiger partial charge in [-0.2, -0.15) is 0 Å². The van der Waals surface area contributed by atoms with Gasteiger partial charge in [-0.3, -0.25) is 4.79 Å². The normalized spacial score (nSPS) is 15.0. The van der Waals surface area contributed by atoms with Gasteiger partial charge in [-0.1, -0.05) is 11.6 Å². The van der Waals surface area contributed by atoms with Crippen LogP contribution in [0.25, 0.3) is 0 Å². The maximum absolute atomic E-state index is 12.6. The third-order valence-corrected chi connectivity index (χ3v) is 3.09. The number of rotatable bonds is 3. The number of carbonyl (C=O) groups excluding carboxylic acids is 1. The summed E-state index contributed by atoms with van der Waals surface area (Å²) in [5.41, 5.74) is -0.393. The monoisotopic (exact) mass is 349 g/mol. The van der Waals surface area contributed by atoms with E-state index in [1.807, 2.05) is 25.7 Å². The van der Waals surface area contributed by atoms with Crippen molar-refractivity contribution in [3.8, 4) is 0 Å². The Hall–Kier alpha value is -1.47. The van der Waals surface area contributed by atoms with Gasteiger partial charge in [0.05, 0.1) is 0 Å². The van der Waals surface area contributed by atoms with Crippen LogP contribution in [0.1, 0.15) is 32.8 Å². The Kier molecular flexibility index (Phi) is 7.64. The molecule has 130 valence electrons. The highest BCUT2D eigenvalue weighted by Gasteiger charge is 2.16. The van der Waals surface area contributed by atoms with Crippen molar-refractivity contribution in [3.05, 3.63) is 22.8 Å². The Bertz CT molecular complexity index is 504. The largest absolute Gasteiger partial charge is 0.462 e. The molecule has 5 nitrogen and oxygen atoms in total. The molecule has 0 spiro atoms. The van der Waals surface area contributed by atoms with Crippen molar-refractivity contribution in [2.75, 3.05) is 31.1 Å². The highest BCUT2D eigenvalue weighted by Crippen LogP contribution is 2.25. The number of alkyl halides is 2. The van der Waals surface area contributed by atoms with E-state index >= 15 is 0 Å². The quantitative estimate of drug-likeness (QED) is 0.671. The number of carbonyl (C=O) groups is 1. The molecule has 2 rings (SSSR count). The maximum atomic E-state index is 12.6. The summed E-state index contributed by atoms with van der Waals surface area (Å²) in [4.78, 5) is 15.6. The standard InChI is InChI=1S/C10H12ClF2N3.C5H10O2/c11-8-5-7(10(12)13)6-9(15-8)16-3-1-14-2-4-16;1-5(2,3)7-4-6/h5-6,10,14H,1-4H2;4H,1-3H3. The van der Waals surface area contributed by atoms with Gasteiger partial charge in [0, 0.05) is 31.7 Å². The second kappa shape index (κ2) is 8.98. The van der Waals surface area contributed by atoms with E-state index in [-0.39, 0.29) is 16.3 Å². The van der Waals surface area contributed by atoms with Crippen LogP contribution < -0.4 is 10.2 Å². The lowest BCUT2D eigenvalue weighted by Gasteiger charge is -2.28. The fourth-order valence-corrected chi connectivity index (χ4v) is 2.04. The molecule has 1 fully saturated rings. The Morgan fingerprint density at radius 1 is 1.35 bits per heavy atom. The third kappa shape index (κ3) is 7.56. The molecule has 1 N–H and O–H groups in total. The Labute approximate surface area is 140 Å². The minimum Gasteiger partial charge on any atom is -0.462 e. The van der Waals surface area contributed by atoms with Crippen molar-refractivity contribution in [1.82, 2.24) is 10.3 Å². The first kappa shape index (κ1) is 19.6. The second-order valence-electron chi connectivity index (χ2n) is 5.95. The van der Waals surface area contributed by atoms with E-state index in [1.54, 1.807) is 0 Å². The van der Waals surface area contributed by atoms with E-state index in [0.717, 1.165) is 26.2 Å². The summed E-state index contributed by atoms with van der Waals surface area (Å²) in [5, 5.41) is 3.30. The highest BCUT2D eigenvalue weighted by atomic mass is 35.5. The molecule has 0 unspecified atom stereocenters. The Morgan fingerprint density at radius 2 is 1.96 bits per heavy atom. The molecule has 0 aliphatic carbocycles. The van der Waals surface area contributed by atoms with Gasteiger partial charge in [-0.15, -0.1) is 0 Å². The maximum Gasteiger partial charge on any atom is 0.293 e. The number of hydrogen-bond acceptors (Lipinski definition) is 5. The third-order valence-electron chi connectivity index (χ3n) is 2.90. The molecule has 1 aromatic rings. The zero-order chi connectivity index (χ0) is 17.5. The molecule has 0 saturated carbocycles. The van der Waals surface area contributed by atoms with Crippen LogP contribution in [0.2, 0.25) is 5.15 Å². The summed E-state index contributed by atoms with van der Waals surface area (Å²) in [6.07, 6.45) is -2.51. The average Bonchev–Trinajstić information content (AvgIpc) is 2.47. The first-order chi connectivity index (χ1) is 10.7. The summed E-state index contributed by atoms with van der Waals surface area (Å²) in [6, 6.07) is 2.61. The van der Waals surface area contributed by atoms with Crippen LogP contribution in [0.4, 0.5) is 14.6 Å². The van der Waals surface area contributed by atoms with Gasteiger partial charge in [0.2, 0.25) is 0 Å². The number of halogens is 3. The molecule has 0 amide bonds. The minimum absolute atomic E-state index is 0.0754. The van der Waals surface area contributed by atoms with E-state index in [0.29, 0.717) is 12.3 Å². The van der Waals surface area contributed by atoms with Gasteiger partial charge < -0.3 is 15.0 Å². The van der Waals surface area contributed by atoms with Crippen LogP contribution in [0.3, 0.4) is 0 Å². The van der Waals surface area contributed by atoms with E-state index in [2.05, 4.69) is 15.0 Å². The lowest BCUT2D eigenvalue weighted by molar-refractivity contribution is -0.138. The number of piperazine rings is 1. The van der Waals surface area contributed by atoms with Crippen LogP contribution in [-0.4, -0.2) is 43.2 Å². The molecule has 0 aromatic carbocycles. The molecule has 2 heterocycles. The lowest BCUT2D eigenvalue weighted by atomic mass is 10.2. The van der Waals surface area contributed by atoms with Crippen molar-refractivity contribution in [2.24, 2.45) is 0 Å². The summed E-state index contributed by atoms with van der Waals surface area (Å²) < 4.78 is 29.7. The number of hydrogen-bond donors (Lipinski definition) is 1. The highest BCUT2D eigenvalue weighted by molar-refractivity contribution is 6.29. The van der Waals surface area contributed by atoms with E-state index < -0.39 is 6.43 Å². The molecule has 1 aromatic heterocycles. The average molecular weight is 350 g/mol. The molecular weight excluding hydrogens is 328 g/mol. The predicted molar refractivity (Wildman–Crippen MR) is 86.2 cm³/mol. The zero-order valence-electron chi connectivity index (χ0n) is 13.5. The van der Waals surface area contributed by atoms with Crippen molar-refractivity contribution in [2.45, 2.75) is 32.8 Å². The van der Waals surface area contributed by atoms with E-state index in [4.69, 9.17) is 11.6 Å². The smallest absolute Gasteiger partial charge is 0.293 e. The molecular formula is C15H22ClF2N3O2. The molecule has 1 aliphatic heterocycles. The van der Waals surface area contributed by atoms with Gasteiger partial charge in [-0.25, -0.2) is 13.8 Å². The first-order valence-corrected chi connectivity index (χ1v) is 7.63. The van der Waals surface area contributed by atoms with Crippen molar-refractivity contribution < 1.29 is 18.3 Å². The molecule has 1 aliphatic rings. The fourth-order valence-electron chi connectivity index (χ4n) is 1.83. The summed E-state index contributed by atoms with van der Waals surface area (Å²) >= 11 is 5.73. The molecule has 0 bridgehead atoms. The van der Waals surface area contributed by atoms with Crippen LogP contribution >= 0.6 is 11.6 Å². The van der Waals surface area contributed by atoms with Crippen molar-refractivity contribution in [3.63, 3.8) is 0 Å². The summed E-state index contributed by atoms with van der Waals surface area (Å²) in [5.74, 6) is 0.532.